The average Bonchev–Trinajstić information content (AvgIpc) is 3.17. The summed E-state index contributed by atoms with van der Waals surface area (Å²) in [6.45, 7) is 6.83. The largest absolute Gasteiger partial charge is 0.296 e. The number of carbonyl (C=O) groups is 1. The van der Waals surface area contributed by atoms with Gasteiger partial charge in [0.05, 0.1) is 18.4 Å². The molecule has 0 atom stereocenters. The topological polar surface area (TPSA) is 72.7 Å². The van der Waals surface area contributed by atoms with Gasteiger partial charge in [-0.15, -0.1) is 16.4 Å². The van der Waals surface area contributed by atoms with Crippen LogP contribution in [0.4, 0.5) is 5.13 Å². The van der Waals surface area contributed by atoms with Gasteiger partial charge < -0.3 is 0 Å². The lowest BCUT2D eigenvalue weighted by Gasteiger charge is -2.14. The predicted molar refractivity (Wildman–Crippen MR) is 94.3 cm³/mol. The van der Waals surface area contributed by atoms with E-state index in [1.54, 1.807) is 10.9 Å². The fourth-order valence-electron chi connectivity index (χ4n) is 2.09. The van der Waals surface area contributed by atoms with Crippen molar-refractivity contribution < 1.29 is 4.79 Å². The van der Waals surface area contributed by atoms with Crippen LogP contribution in [-0.2, 0) is 12.0 Å². The van der Waals surface area contributed by atoms with Crippen LogP contribution in [0.15, 0.2) is 41.9 Å². The van der Waals surface area contributed by atoms with Crippen molar-refractivity contribution >= 4 is 22.4 Å². The van der Waals surface area contributed by atoms with Crippen molar-refractivity contribution in [3.63, 3.8) is 0 Å². The minimum Gasteiger partial charge on any atom is -0.296 e. The number of anilines is 1. The molecule has 124 valence electrons. The number of hydrogen-bond donors (Lipinski definition) is 1. The monoisotopic (exact) mass is 341 g/mol. The van der Waals surface area contributed by atoms with Gasteiger partial charge in [0.2, 0.25) is 0 Å². The summed E-state index contributed by atoms with van der Waals surface area (Å²) >= 11 is 1.41. The lowest BCUT2D eigenvalue weighted by atomic mass is 9.93. The predicted octanol–water partition coefficient (Wildman–Crippen LogP) is 3.33. The number of hydrogen-bond acceptors (Lipinski definition) is 5. The molecule has 2 heterocycles. The van der Waals surface area contributed by atoms with Crippen molar-refractivity contribution in [2.24, 2.45) is 0 Å². The van der Waals surface area contributed by atoms with E-state index in [2.05, 4.69) is 41.4 Å². The lowest BCUT2D eigenvalue weighted by Crippen LogP contribution is -2.14. The Labute approximate surface area is 144 Å². The normalized spacial score (nSPS) is 11.5. The third kappa shape index (κ3) is 3.86. The highest BCUT2D eigenvalue weighted by molar-refractivity contribution is 7.14. The Hall–Kier alpha value is -2.54. The van der Waals surface area contributed by atoms with E-state index >= 15 is 0 Å². The van der Waals surface area contributed by atoms with Crippen molar-refractivity contribution in [1.29, 1.82) is 0 Å². The van der Waals surface area contributed by atoms with Crippen LogP contribution < -0.4 is 5.32 Å². The first kappa shape index (κ1) is 16.3. The third-order valence-corrected chi connectivity index (χ3v) is 4.21. The first-order valence-electron chi connectivity index (χ1n) is 7.63. The second-order valence-corrected chi connectivity index (χ2v) is 7.39. The molecule has 1 N–H and O–H groups in total. The molecule has 1 aromatic carbocycles. The Morgan fingerprint density at radius 3 is 2.67 bits per heavy atom. The van der Waals surface area contributed by atoms with E-state index in [1.807, 2.05) is 35.7 Å². The fourth-order valence-corrected chi connectivity index (χ4v) is 3.02. The minimum absolute atomic E-state index is 0.0434. The van der Waals surface area contributed by atoms with Crippen molar-refractivity contribution in [2.45, 2.75) is 32.7 Å². The van der Waals surface area contributed by atoms with Gasteiger partial charge in [-0.1, -0.05) is 56.3 Å². The van der Waals surface area contributed by atoms with Crippen LogP contribution in [0.2, 0.25) is 0 Å². The molecule has 6 nitrogen and oxygen atoms in total. The standard InChI is InChI=1S/C17H19N5OS/c1-17(2,3)14-11-24-16(18-14)19-15(23)13-10-22(21-20-13)9-12-7-5-4-6-8-12/h4-8,10-11H,9H2,1-3H3,(H,18,19,23). The lowest BCUT2D eigenvalue weighted by molar-refractivity contribution is 0.102. The van der Waals surface area contributed by atoms with E-state index in [1.165, 1.54) is 11.3 Å². The number of aromatic nitrogens is 4. The molecule has 3 aromatic rings. The van der Waals surface area contributed by atoms with Crippen LogP contribution >= 0.6 is 11.3 Å². The number of amides is 1. The van der Waals surface area contributed by atoms with Gasteiger partial charge in [0.15, 0.2) is 10.8 Å². The number of benzene rings is 1. The molecule has 2 aromatic heterocycles. The minimum atomic E-state index is -0.302. The van der Waals surface area contributed by atoms with Crippen molar-refractivity contribution in [2.75, 3.05) is 5.32 Å². The first-order chi connectivity index (χ1) is 11.4. The van der Waals surface area contributed by atoms with Gasteiger partial charge in [-0.2, -0.15) is 0 Å². The number of nitrogens with one attached hydrogen (secondary N) is 1. The molecule has 0 saturated carbocycles. The van der Waals surface area contributed by atoms with Gasteiger partial charge in [-0.05, 0) is 5.56 Å². The molecule has 0 saturated heterocycles. The molecule has 0 radical (unpaired) electrons. The maximum Gasteiger partial charge on any atom is 0.279 e. The maximum absolute atomic E-state index is 12.3. The summed E-state index contributed by atoms with van der Waals surface area (Å²) in [5.74, 6) is -0.302. The molecule has 0 bridgehead atoms. The highest BCUT2D eigenvalue weighted by Crippen LogP contribution is 2.26. The zero-order valence-corrected chi connectivity index (χ0v) is 14.7. The Morgan fingerprint density at radius 2 is 2.00 bits per heavy atom. The zero-order chi connectivity index (χ0) is 17.2. The van der Waals surface area contributed by atoms with E-state index in [4.69, 9.17) is 0 Å². The summed E-state index contributed by atoms with van der Waals surface area (Å²) in [6.07, 6.45) is 1.64. The van der Waals surface area contributed by atoms with Crippen LogP contribution in [-0.4, -0.2) is 25.9 Å². The summed E-state index contributed by atoms with van der Waals surface area (Å²) < 4.78 is 1.65. The Kier molecular flexibility index (Phi) is 4.44. The summed E-state index contributed by atoms with van der Waals surface area (Å²) in [4.78, 5) is 16.7. The molecule has 0 aliphatic rings. The Morgan fingerprint density at radius 1 is 1.25 bits per heavy atom. The number of thiazole rings is 1. The number of nitrogens with zero attached hydrogens (tertiary/aromatic N) is 4. The highest BCUT2D eigenvalue weighted by Gasteiger charge is 2.19. The van der Waals surface area contributed by atoms with Gasteiger partial charge in [-0.25, -0.2) is 9.67 Å². The summed E-state index contributed by atoms with van der Waals surface area (Å²) in [5.41, 5.74) is 2.29. The molecule has 1 amide bonds. The van der Waals surface area contributed by atoms with Crippen LogP contribution in [0.1, 0.15) is 42.5 Å². The molecule has 0 fully saturated rings. The van der Waals surface area contributed by atoms with Gasteiger partial charge in [0, 0.05) is 10.8 Å². The van der Waals surface area contributed by atoms with Gasteiger partial charge in [-0.3, -0.25) is 10.1 Å². The van der Waals surface area contributed by atoms with Gasteiger partial charge in [0.25, 0.3) is 5.91 Å². The smallest absolute Gasteiger partial charge is 0.279 e. The number of rotatable bonds is 4. The van der Waals surface area contributed by atoms with Crippen molar-refractivity contribution in [3.05, 3.63) is 58.9 Å². The molecular weight excluding hydrogens is 322 g/mol. The molecule has 24 heavy (non-hydrogen) atoms. The van der Waals surface area contributed by atoms with Crippen LogP contribution in [0.3, 0.4) is 0 Å². The number of carbonyl (C=O) groups excluding carboxylic acids is 1. The summed E-state index contributed by atoms with van der Waals surface area (Å²) in [7, 11) is 0. The zero-order valence-electron chi connectivity index (χ0n) is 13.9. The van der Waals surface area contributed by atoms with E-state index in [9.17, 15) is 4.79 Å². The molecular formula is C17H19N5OS. The molecule has 0 aliphatic carbocycles. The summed E-state index contributed by atoms with van der Waals surface area (Å²) in [6, 6.07) is 9.91. The Balaban J connectivity index is 1.67. The molecule has 0 aliphatic heterocycles. The summed E-state index contributed by atoms with van der Waals surface area (Å²) in [5, 5.41) is 13.3. The second kappa shape index (κ2) is 6.52. The van der Waals surface area contributed by atoms with E-state index < -0.39 is 0 Å². The van der Waals surface area contributed by atoms with Gasteiger partial charge in [0.1, 0.15) is 0 Å². The van der Waals surface area contributed by atoms with E-state index in [-0.39, 0.29) is 17.0 Å². The second-order valence-electron chi connectivity index (χ2n) is 6.53. The molecule has 0 spiro atoms. The van der Waals surface area contributed by atoms with Crippen molar-refractivity contribution in [3.8, 4) is 0 Å². The van der Waals surface area contributed by atoms with E-state index in [0.717, 1.165) is 11.3 Å². The Bertz CT molecular complexity index is 832. The molecule has 3 rings (SSSR count). The average molecular weight is 341 g/mol. The third-order valence-electron chi connectivity index (χ3n) is 3.45. The van der Waals surface area contributed by atoms with Crippen LogP contribution in [0.25, 0.3) is 0 Å². The molecule has 0 unspecified atom stereocenters. The fraction of sp³-hybridized carbons (Fsp3) is 0.294. The first-order valence-corrected chi connectivity index (χ1v) is 8.51. The van der Waals surface area contributed by atoms with Crippen molar-refractivity contribution in [1.82, 2.24) is 20.0 Å². The quantitative estimate of drug-likeness (QED) is 0.790. The maximum atomic E-state index is 12.3. The van der Waals surface area contributed by atoms with Gasteiger partial charge >= 0.3 is 0 Å². The SMILES string of the molecule is CC(C)(C)c1csc(NC(=O)c2cn(Cc3ccccc3)nn2)n1. The molecule has 7 heteroatoms. The van der Waals surface area contributed by atoms with E-state index in [0.29, 0.717) is 11.7 Å². The van der Waals surface area contributed by atoms with Crippen LogP contribution in [0, 0.1) is 0 Å². The highest BCUT2D eigenvalue weighted by atomic mass is 32.1. The van der Waals surface area contributed by atoms with Crippen LogP contribution in [0.5, 0.6) is 0 Å².